The van der Waals surface area contributed by atoms with Crippen molar-refractivity contribution in [3.63, 3.8) is 0 Å². The van der Waals surface area contributed by atoms with Gasteiger partial charge in [0.1, 0.15) is 6.07 Å². The molecule has 0 aromatic heterocycles. The van der Waals surface area contributed by atoms with Crippen LogP contribution in [-0.4, -0.2) is 25.3 Å². The van der Waals surface area contributed by atoms with Crippen LogP contribution in [0.3, 0.4) is 0 Å². The second kappa shape index (κ2) is 4.54. The summed E-state index contributed by atoms with van der Waals surface area (Å²) in [4.78, 5) is 2.26. The normalized spacial score (nSPS) is 25.2. The Morgan fingerprint density at radius 2 is 2.12 bits per heavy atom. The van der Waals surface area contributed by atoms with E-state index in [1.165, 1.54) is 0 Å². The Kier molecular flexibility index (Phi) is 3.12. The van der Waals surface area contributed by atoms with Gasteiger partial charge in [-0.1, -0.05) is 12.1 Å². The number of benzene rings is 1. The number of nitriles is 1. The van der Waals surface area contributed by atoms with Crippen LogP contribution in [0.5, 0.6) is 0 Å². The molecule has 3 nitrogen and oxygen atoms in total. The minimum atomic E-state index is 0.225. The topological polar surface area (TPSA) is 36.3 Å². The smallest absolute Gasteiger partial charge is 0.101 e. The maximum atomic E-state index is 9.09. The van der Waals surface area contributed by atoms with Crippen LogP contribution in [0.1, 0.15) is 19.4 Å². The monoisotopic (exact) mass is 216 g/mol. The molecule has 0 radical (unpaired) electrons. The summed E-state index contributed by atoms with van der Waals surface area (Å²) in [6.45, 7) is 5.76. The molecule has 2 unspecified atom stereocenters. The van der Waals surface area contributed by atoms with Crippen LogP contribution in [0, 0.1) is 11.3 Å². The molecule has 0 amide bonds. The van der Waals surface area contributed by atoms with E-state index in [1.54, 1.807) is 0 Å². The van der Waals surface area contributed by atoms with E-state index in [4.69, 9.17) is 10.00 Å². The SMILES string of the molecule is CC1CN(c2ccccc2C#N)C(C)CO1. The maximum Gasteiger partial charge on any atom is 0.101 e. The lowest BCUT2D eigenvalue weighted by atomic mass is 10.1. The lowest BCUT2D eigenvalue weighted by Gasteiger charge is -2.38. The van der Waals surface area contributed by atoms with Crippen LogP contribution in [0.15, 0.2) is 24.3 Å². The number of hydrogen-bond donors (Lipinski definition) is 0. The number of nitrogens with zero attached hydrogens (tertiary/aromatic N) is 2. The lowest BCUT2D eigenvalue weighted by Crippen LogP contribution is -2.47. The molecule has 1 aliphatic rings. The minimum absolute atomic E-state index is 0.225. The fraction of sp³-hybridized carbons (Fsp3) is 0.462. The molecule has 2 atom stereocenters. The highest BCUT2D eigenvalue weighted by atomic mass is 16.5. The van der Waals surface area contributed by atoms with Crippen LogP contribution >= 0.6 is 0 Å². The van der Waals surface area contributed by atoms with Gasteiger partial charge in [0.05, 0.1) is 24.0 Å². The zero-order valence-electron chi connectivity index (χ0n) is 9.68. The van der Waals surface area contributed by atoms with Gasteiger partial charge in [0.25, 0.3) is 0 Å². The van der Waals surface area contributed by atoms with Crippen molar-refractivity contribution >= 4 is 5.69 Å². The predicted octanol–water partition coefficient (Wildman–Crippen LogP) is 2.17. The van der Waals surface area contributed by atoms with Gasteiger partial charge in [0.15, 0.2) is 0 Å². The van der Waals surface area contributed by atoms with E-state index < -0.39 is 0 Å². The van der Waals surface area contributed by atoms with Gasteiger partial charge in [-0.2, -0.15) is 5.26 Å². The molecule has 2 rings (SSSR count). The second-order valence-electron chi connectivity index (χ2n) is 4.27. The Morgan fingerprint density at radius 3 is 2.88 bits per heavy atom. The van der Waals surface area contributed by atoms with E-state index in [1.807, 2.05) is 24.3 Å². The Bertz CT molecular complexity index is 411. The van der Waals surface area contributed by atoms with E-state index in [0.717, 1.165) is 24.4 Å². The van der Waals surface area contributed by atoms with Crippen molar-refractivity contribution in [2.75, 3.05) is 18.1 Å². The number of para-hydroxylation sites is 1. The van der Waals surface area contributed by atoms with E-state index >= 15 is 0 Å². The van der Waals surface area contributed by atoms with Crippen LogP contribution in [0.2, 0.25) is 0 Å². The zero-order valence-corrected chi connectivity index (χ0v) is 9.68. The first kappa shape index (κ1) is 11.0. The molecule has 1 fully saturated rings. The standard InChI is InChI=1S/C13H16N2O/c1-10-9-16-11(2)8-15(10)13-6-4-3-5-12(13)7-14/h3-6,10-11H,8-9H2,1-2H3. The first-order valence-corrected chi connectivity index (χ1v) is 5.59. The highest BCUT2D eigenvalue weighted by Crippen LogP contribution is 2.24. The molecule has 0 aliphatic carbocycles. The van der Waals surface area contributed by atoms with Gasteiger partial charge >= 0.3 is 0 Å². The zero-order chi connectivity index (χ0) is 11.5. The molecule has 0 N–H and O–H groups in total. The first-order valence-electron chi connectivity index (χ1n) is 5.59. The summed E-state index contributed by atoms with van der Waals surface area (Å²) < 4.78 is 5.59. The second-order valence-corrected chi connectivity index (χ2v) is 4.27. The van der Waals surface area contributed by atoms with Gasteiger partial charge in [-0.3, -0.25) is 0 Å². The fourth-order valence-corrected chi connectivity index (χ4v) is 2.06. The number of morpholine rings is 1. The van der Waals surface area contributed by atoms with Crippen molar-refractivity contribution in [1.29, 1.82) is 5.26 Å². The van der Waals surface area contributed by atoms with Crippen LogP contribution < -0.4 is 4.90 Å². The third-order valence-electron chi connectivity index (χ3n) is 2.94. The Labute approximate surface area is 96.2 Å². The summed E-state index contributed by atoms with van der Waals surface area (Å²) in [5.74, 6) is 0. The molecule has 0 bridgehead atoms. The molecule has 3 heteroatoms. The summed E-state index contributed by atoms with van der Waals surface area (Å²) in [7, 11) is 0. The summed E-state index contributed by atoms with van der Waals surface area (Å²) in [5.41, 5.74) is 1.76. The van der Waals surface area contributed by atoms with Gasteiger partial charge in [-0.15, -0.1) is 0 Å². The molecule has 16 heavy (non-hydrogen) atoms. The van der Waals surface area contributed by atoms with Gasteiger partial charge in [0.2, 0.25) is 0 Å². The highest BCUT2D eigenvalue weighted by molar-refractivity contribution is 5.60. The number of rotatable bonds is 1. The van der Waals surface area contributed by atoms with Gasteiger partial charge < -0.3 is 9.64 Å². The summed E-state index contributed by atoms with van der Waals surface area (Å²) in [5, 5.41) is 9.09. The van der Waals surface area contributed by atoms with Crippen LogP contribution in [0.25, 0.3) is 0 Å². The summed E-state index contributed by atoms with van der Waals surface area (Å²) >= 11 is 0. The summed E-state index contributed by atoms with van der Waals surface area (Å²) in [6.07, 6.45) is 0.225. The van der Waals surface area contributed by atoms with Crippen LogP contribution in [-0.2, 0) is 4.74 Å². The average Bonchev–Trinajstić information content (AvgIpc) is 2.32. The first-order chi connectivity index (χ1) is 7.72. The van der Waals surface area contributed by atoms with E-state index in [0.29, 0.717) is 6.04 Å². The van der Waals surface area contributed by atoms with Crippen molar-refractivity contribution in [1.82, 2.24) is 0 Å². The minimum Gasteiger partial charge on any atom is -0.375 e. The molecular weight excluding hydrogens is 200 g/mol. The maximum absolute atomic E-state index is 9.09. The van der Waals surface area contributed by atoms with E-state index in [2.05, 4.69) is 24.8 Å². The van der Waals surface area contributed by atoms with Crippen molar-refractivity contribution in [2.24, 2.45) is 0 Å². The van der Waals surface area contributed by atoms with E-state index in [-0.39, 0.29) is 6.10 Å². The average molecular weight is 216 g/mol. The van der Waals surface area contributed by atoms with Crippen molar-refractivity contribution in [2.45, 2.75) is 26.0 Å². The fourth-order valence-electron chi connectivity index (χ4n) is 2.06. The van der Waals surface area contributed by atoms with Gasteiger partial charge in [0, 0.05) is 12.6 Å². The summed E-state index contributed by atoms with van der Waals surface area (Å²) in [6, 6.07) is 10.3. The quantitative estimate of drug-likeness (QED) is 0.722. The van der Waals surface area contributed by atoms with Crippen molar-refractivity contribution in [3.05, 3.63) is 29.8 Å². The molecule has 84 valence electrons. The largest absolute Gasteiger partial charge is 0.375 e. The molecular formula is C13H16N2O. The highest BCUT2D eigenvalue weighted by Gasteiger charge is 2.24. The Hall–Kier alpha value is -1.53. The Morgan fingerprint density at radius 1 is 1.38 bits per heavy atom. The van der Waals surface area contributed by atoms with Gasteiger partial charge in [-0.25, -0.2) is 0 Å². The predicted molar refractivity (Wildman–Crippen MR) is 63.4 cm³/mol. The molecule has 0 spiro atoms. The van der Waals surface area contributed by atoms with Crippen molar-refractivity contribution in [3.8, 4) is 6.07 Å². The van der Waals surface area contributed by atoms with Gasteiger partial charge in [-0.05, 0) is 26.0 Å². The molecule has 1 heterocycles. The third kappa shape index (κ3) is 2.02. The Balaban J connectivity index is 2.32. The molecule has 1 aliphatic heterocycles. The van der Waals surface area contributed by atoms with Crippen LogP contribution in [0.4, 0.5) is 5.69 Å². The molecule has 0 saturated carbocycles. The lowest BCUT2D eigenvalue weighted by molar-refractivity contribution is 0.0343. The third-order valence-corrected chi connectivity index (χ3v) is 2.94. The van der Waals surface area contributed by atoms with E-state index in [9.17, 15) is 0 Å². The molecule has 1 aromatic rings. The number of hydrogen-bond acceptors (Lipinski definition) is 3. The number of ether oxygens (including phenoxy) is 1. The van der Waals surface area contributed by atoms with Crippen molar-refractivity contribution < 1.29 is 4.74 Å². The number of anilines is 1. The molecule has 1 saturated heterocycles. The molecule has 1 aromatic carbocycles.